The molecule has 0 fully saturated rings. The summed E-state index contributed by atoms with van der Waals surface area (Å²) in [7, 11) is -1.25. The lowest BCUT2D eigenvalue weighted by Gasteiger charge is -2.22. The molecule has 0 aliphatic rings. The normalized spacial score (nSPS) is 12.1. The molecule has 3 aromatic rings. The first kappa shape index (κ1) is 29.9. The first-order valence-electron chi connectivity index (χ1n) is 11.8. The fourth-order valence-corrected chi connectivity index (χ4v) is 6.06. The van der Waals surface area contributed by atoms with Gasteiger partial charge in [0, 0.05) is 14.7 Å². The Hall–Kier alpha value is -0.653. The largest absolute Gasteiger partial charge is 0.361 e. The molecule has 2 aromatic carbocycles. The van der Waals surface area contributed by atoms with Gasteiger partial charge >= 0.3 is 0 Å². The molecule has 0 aliphatic carbocycles. The maximum atomic E-state index is 14.1. The number of hydrogen-bond donors (Lipinski definition) is 1. The third-order valence-corrected chi connectivity index (χ3v) is 9.37. The van der Waals surface area contributed by atoms with E-state index in [1.54, 1.807) is 24.3 Å². The second kappa shape index (κ2) is 13.4. The Balaban J connectivity index is 2.12. The van der Waals surface area contributed by atoms with Crippen LogP contribution in [-0.4, -0.2) is 30.0 Å². The van der Waals surface area contributed by atoms with E-state index in [1.807, 2.05) is 0 Å². The minimum absolute atomic E-state index is 0.0129. The van der Waals surface area contributed by atoms with Crippen molar-refractivity contribution in [2.75, 3.05) is 12.4 Å². The second-order valence-electron chi connectivity index (χ2n) is 9.94. The van der Waals surface area contributed by atoms with E-state index in [4.69, 9.17) is 32.9 Å². The fourth-order valence-electron chi connectivity index (χ4n) is 3.89. The van der Waals surface area contributed by atoms with Gasteiger partial charge in [0.15, 0.2) is 0 Å². The minimum Gasteiger partial charge on any atom is -0.361 e. The Kier molecular flexibility index (Phi) is 11.1. The maximum absolute atomic E-state index is 14.1. The van der Waals surface area contributed by atoms with Gasteiger partial charge in [0.1, 0.15) is 27.9 Å². The number of unbranched alkanes of at least 4 members (excludes halogenated alkanes) is 1. The zero-order chi connectivity index (χ0) is 26.5. The van der Waals surface area contributed by atoms with Gasteiger partial charge in [0.05, 0.1) is 21.7 Å². The van der Waals surface area contributed by atoms with E-state index >= 15 is 0 Å². The van der Waals surface area contributed by atoms with Crippen molar-refractivity contribution in [2.24, 2.45) is 0 Å². The van der Waals surface area contributed by atoms with Crippen LogP contribution in [0.1, 0.15) is 41.4 Å². The summed E-state index contributed by atoms with van der Waals surface area (Å²) in [5.74, 6) is 0.0787. The van der Waals surface area contributed by atoms with Crippen molar-refractivity contribution in [1.29, 1.82) is 0 Å². The zero-order valence-electron chi connectivity index (χ0n) is 20.6. The van der Waals surface area contributed by atoms with E-state index in [2.05, 4.69) is 59.4 Å². The molecule has 0 aliphatic heterocycles. The van der Waals surface area contributed by atoms with Gasteiger partial charge in [-0.3, -0.25) is 0 Å². The van der Waals surface area contributed by atoms with Crippen molar-refractivity contribution in [1.82, 2.24) is 9.55 Å². The number of aromatic nitrogens is 2. The Morgan fingerprint density at radius 1 is 1.03 bits per heavy atom. The molecule has 0 amide bonds. The van der Waals surface area contributed by atoms with Crippen molar-refractivity contribution in [3.8, 4) is 0 Å². The molecule has 0 atom stereocenters. The molecule has 0 unspecified atom stereocenters. The maximum Gasteiger partial charge on any atom is 0.141 e. The van der Waals surface area contributed by atoms with E-state index in [0.29, 0.717) is 13.3 Å². The Labute approximate surface area is 242 Å². The second-order valence-corrected chi connectivity index (χ2v) is 17.8. The van der Waals surface area contributed by atoms with Crippen molar-refractivity contribution >= 4 is 66.5 Å². The topological polar surface area (TPSA) is 27.1 Å². The lowest BCUT2D eigenvalue weighted by molar-refractivity contribution is 0.0830. The summed E-state index contributed by atoms with van der Waals surface area (Å²) in [4.78, 5) is 4.96. The van der Waals surface area contributed by atoms with E-state index in [-0.39, 0.29) is 10.0 Å². The van der Waals surface area contributed by atoms with Crippen LogP contribution in [0.4, 0.5) is 8.78 Å². The highest BCUT2D eigenvalue weighted by Gasteiger charge is 2.27. The molecule has 0 radical (unpaired) electrons. The number of thiol groups is 1. The van der Waals surface area contributed by atoms with Gasteiger partial charge in [-0.15, -0.1) is 0 Å². The number of halogens is 5. The summed E-state index contributed by atoms with van der Waals surface area (Å²) in [6, 6.07) is 10.3. The van der Waals surface area contributed by atoms with Crippen molar-refractivity contribution in [3.63, 3.8) is 0 Å². The van der Waals surface area contributed by atoms with Crippen LogP contribution in [0.3, 0.4) is 0 Å². The van der Waals surface area contributed by atoms with Gasteiger partial charge in [-0.05, 0) is 89.0 Å². The van der Waals surface area contributed by atoms with E-state index in [9.17, 15) is 8.78 Å². The fraction of sp³-hybridized carbons (Fsp3) is 0.423. The van der Waals surface area contributed by atoms with Gasteiger partial charge in [-0.25, -0.2) is 13.8 Å². The number of rotatable bonds is 12. The molecule has 36 heavy (non-hydrogen) atoms. The standard InChI is InChI=1S/C26H31Cl2F2IN2OSSi/c1-36(2,3)13-11-34-16-33-23(6-4-5-12-35)25(31)32-26(33)24(17-7-9-21(29)19(27)14-17)18-8-10-22(30)20(28)15-18/h7-10,14-15,24,35H,4-6,11-13,16H2,1-3H3. The summed E-state index contributed by atoms with van der Waals surface area (Å²) in [6.07, 6.45) is 2.78. The summed E-state index contributed by atoms with van der Waals surface area (Å²) in [5.41, 5.74) is 2.54. The molecule has 0 saturated carbocycles. The number of imidazole rings is 1. The van der Waals surface area contributed by atoms with Crippen LogP contribution in [-0.2, 0) is 17.9 Å². The summed E-state index contributed by atoms with van der Waals surface area (Å²) >= 11 is 19.0. The molecule has 1 heterocycles. The lowest BCUT2D eigenvalue weighted by atomic mass is 9.90. The van der Waals surface area contributed by atoms with Crippen molar-refractivity contribution < 1.29 is 13.5 Å². The number of nitrogens with zero attached hydrogens (tertiary/aromatic N) is 2. The monoisotopic (exact) mass is 682 g/mol. The molecular formula is C26H31Cl2F2IN2OSSi. The molecule has 3 nitrogen and oxygen atoms in total. The summed E-state index contributed by atoms with van der Waals surface area (Å²) < 4.78 is 37.3. The predicted octanol–water partition coefficient (Wildman–Crippen LogP) is 8.82. The highest BCUT2D eigenvalue weighted by Crippen LogP contribution is 2.36. The predicted molar refractivity (Wildman–Crippen MR) is 160 cm³/mol. The van der Waals surface area contributed by atoms with Crippen LogP contribution in [0.5, 0.6) is 0 Å². The number of ether oxygens (including phenoxy) is 1. The van der Waals surface area contributed by atoms with Crippen LogP contribution in [0, 0.1) is 15.3 Å². The molecule has 10 heteroatoms. The Morgan fingerprint density at radius 3 is 2.11 bits per heavy atom. The summed E-state index contributed by atoms with van der Waals surface area (Å²) in [6.45, 7) is 7.95. The molecule has 0 N–H and O–H groups in total. The van der Waals surface area contributed by atoms with E-state index < -0.39 is 25.6 Å². The molecule has 3 rings (SSSR count). The van der Waals surface area contributed by atoms with Gasteiger partial charge in [0.25, 0.3) is 0 Å². The van der Waals surface area contributed by atoms with Crippen LogP contribution in [0.25, 0.3) is 0 Å². The minimum atomic E-state index is -1.25. The van der Waals surface area contributed by atoms with Gasteiger partial charge < -0.3 is 9.30 Å². The van der Waals surface area contributed by atoms with Crippen LogP contribution in [0.2, 0.25) is 35.7 Å². The zero-order valence-corrected chi connectivity index (χ0v) is 26.2. The van der Waals surface area contributed by atoms with Crippen LogP contribution in [0.15, 0.2) is 36.4 Å². The third-order valence-electron chi connectivity index (χ3n) is 5.90. The SMILES string of the molecule is C[Si](C)(C)CCOCn1c(C(c2ccc(F)c(Cl)c2)c2ccc(F)c(Cl)c2)nc(I)c1CCCCS. The first-order chi connectivity index (χ1) is 17.0. The molecule has 0 bridgehead atoms. The summed E-state index contributed by atoms with van der Waals surface area (Å²) in [5, 5.41) is 0.0257. The van der Waals surface area contributed by atoms with Gasteiger partial charge in [0.2, 0.25) is 0 Å². The van der Waals surface area contributed by atoms with Crippen LogP contribution < -0.4 is 0 Å². The highest BCUT2D eigenvalue weighted by molar-refractivity contribution is 14.1. The van der Waals surface area contributed by atoms with Gasteiger partial charge in [-0.2, -0.15) is 12.6 Å². The van der Waals surface area contributed by atoms with Crippen molar-refractivity contribution in [3.05, 3.63) is 84.4 Å². The third kappa shape index (κ3) is 7.93. The Bertz CT molecular complexity index is 1140. The lowest BCUT2D eigenvalue weighted by Crippen LogP contribution is -2.23. The van der Waals surface area contributed by atoms with Gasteiger partial charge in [-0.1, -0.05) is 55.0 Å². The molecule has 0 saturated heterocycles. The number of hydrogen-bond acceptors (Lipinski definition) is 3. The van der Waals surface area contributed by atoms with Crippen molar-refractivity contribution in [2.45, 2.75) is 57.6 Å². The molecule has 1 aromatic heterocycles. The van der Waals surface area contributed by atoms with Crippen LogP contribution >= 0.6 is 58.4 Å². The molecular weight excluding hydrogens is 652 g/mol. The molecule has 196 valence electrons. The highest BCUT2D eigenvalue weighted by atomic mass is 127. The first-order valence-corrected chi connectivity index (χ1v) is 18.0. The quantitative estimate of drug-likeness (QED) is 0.0895. The Morgan fingerprint density at radius 2 is 1.61 bits per heavy atom. The molecule has 0 spiro atoms. The average molecular weight is 684 g/mol. The van der Waals surface area contributed by atoms with E-state index in [1.165, 1.54) is 12.1 Å². The number of benzene rings is 2. The van der Waals surface area contributed by atoms with E-state index in [0.717, 1.165) is 57.4 Å². The smallest absolute Gasteiger partial charge is 0.141 e. The average Bonchev–Trinajstić information content (AvgIpc) is 3.10.